The van der Waals surface area contributed by atoms with Crippen LogP contribution >= 0.6 is 0 Å². The van der Waals surface area contributed by atoms with Gasteiger partial charge in [0.25, 0.3) is 0 Å². The number of nitrogens with zero attached hydrogens (tertiary/aromatic N) is 1. The summed E-state index contributed by atoms with van der Waals surface area (Å²) in [6.07, 6.45) is 6.27. The number of benzene rings is 1. The Hall–Kier alpha value is -3.01. The van der Waals surface area contributed by atoms with Gasteiger partial charge >= 0.3 is 0 Å². The van der Waals surface area contributed by atoms with Crippen LogP contribution in [0.4, 0.5) is 0 Å². The van der Waals surface area contributed by atoms with Crippen molar-refractivity contribution in [2.45, 2.75) is 74.9 Å². The maximum atomic E-state index is 13.8. The van der Waals surface area contributed by atoms with Gasteiger partial charge < -0.3 is 35.1 Å². The van der Waals surface area contributed by atoms with Gasteiger partial charge in [0, 0.05) is 25.3 Å². The van der Waals surface area contributed by atoms with E-state index in [9.17, 15) is 33.0 Å². The Morgan fingerprint density at radius 1 is 0.978 bits per heavy atom. The normalized spacial score (nSPS) is 22.7. The Bertz CT molecular complexity index is 1260. The van der Waals surface area contributed by atoms with E-state index >= 15 is 0 Å². The van der Waals surface area contributed by atoms with E-state index in [1.54, 1.807) is 31.2 Å². The average molecular weight is 648 g/mol. The number of rotatable bonds is 16. The van der Waals surface area contributed by atoms with Gasteiger partial charge in [-0.15, -0.1) is 0 Å². The van der Waals surface area contributed by atoms with E-state index < -0.39 is 59.1 Å². The summed E-state index contributed by atoms with van der Waals surface area (Å²) in [7, 11) is 0. The van der Waals surface area contributed by atoms with Crippen molar-refractivity contribution in [3.8, 4) is 0 Å². The molecule has 0 radical (unpaired) electrons. The van der Waals surface area contributed by atoms with Gasteiger partial charge in [0.1, 0.15) is 17.7 Å². The molecule has 4 N–H and O–H groups in total. The van der Waals surface area contributed by atoms with Crippen molar-refractivity contribution in [1.82, 2.24) is 20.9 Å². The highest BCUT2D eigenvalue weighted by molar-refractivity contribution is 7.78. The zero-order valence-electron chi connectivity index (χ0n) is 25.6. The van der Waals surface area contributed by atoms with Gasteiger partial charge in [-0.25, -0.2) is 0 Å². The van der Waals surface area contributed by atoms with Crippen LogP contribution in [0.3, 0.4) is 0 Å². The fourth-order valence-corrected chi connectivity index (χ4v) is 5.94. The molecule has 0 spiro atoms. The number of aliphatic hydroxyl groups excluding tert-OH is 1. The maximum absolute atomic E-state index is 13.8. The van der Waals surface area contributed by atoms with Gasteiger partial charge in [-0.05, 0) is 50.2 Å². The quantitative estimate of drug-likeness (QED) is 0.105. The molecule has 5 atom stereocenters. The van der Waals surface area contributed by atoms with Crippen molar-refractivity contribution in [3.63, 3.8) is 0 Å². The molecule has 0 saturated carbocycles. The number of hydrogen-bond donors (Lipinski definition) is 4. The summed E-state index contributed by atoms with van der Waals surface area (Å²) >= 11 is -2.27. The number of aliphatic hydroxyl groups is 1. The lowest BCUT2D eigenvalue weighted by atomic mass is 9.89. The van der Waals surface area contributed by atoms with E-state index in [1.807, 2.05) is 4.90 Å². The van der Waals surface area contributed by atoms with Gasteiger partial charge in [0.05, 0.1) is 39.0 Å². The Labute approximate surface area is 265 Å². The molecule has 2 saturated heterocycles. The number of epoxide rings is 1. The van der Waals surface area contributed by atoms with E-state index in [0.29, 0.717) is 43.9 Å². The second-order valence-corrected chi connectivity index (χ2v) is 12.9. The number of ether oxygens (including phenoxy) is 2. The molecule has 0 aromatic heterocycles. The topological polar surface area (TPSA) is 190 Å². The number of hydrogen-bond acceptors (Lipinski definition) is 10. The first kappa shape index (κ1) is 34.9. The van der Waals surface area contributed by atoms with E-state index in [0.717, 1.165) is 31.3 Å². The smallest absolute Gasteiger partial charge is 0.245 e. The molecule has 2 heterocycles. The molecule has 1 aromatic rings. The number of nitrogens with one attached hydrogen (secondary N) is 3. The third-order valence-electron chi connectivity index (χ3n) is 8.27. The molecule has 4 rings (SSSR count). The second-order valence-electron chi connectivity index (χ2n) is 12.0. The third kappa shape index (κ3) is 10.8. The van der Waals surface area contributed by atoms with Crippen molar-refractivity contribution in [3.05, 3.63) is 47.0 Å². The molecule has 2 fully saturated rings. The minimum atomic E-state index is -2.27. The van der Waals surface area contributed by atoms with Gasteiger partial charge in [-0.1, -0.05) is 47.0 Å². The molecule has 3 aliphatic rings. The summed E-state index contributed by atoms with van der Waals surface area (Å²) < 4.78 is 32.9. The van der Waals surface area contributed by atoms with E-state index in [4.69, 9.17) is 9.47 Å². The maximum Gasteiger partial charge on any atom is 0.245 e. The fraction of sp³-hybridized carbons (Fsp3) is 0.613. The lowest BCUT2D eigenvalue weighted by Gasteiger charge is -2.28. The molecule has 248 valence electrons. The Morgan fingerprint density at radius 3 is 2.22 bits per heavy atom. The van der Waals surface area contributed by atoms with E-state index in [-0.39, 0.29) is 31.1 Å². The number of ketones is 1. The van der Waals surface area contributed by atoms with Crippen LogP contribution in [0.15, 0.2) is 35.9 Å². The Morgan fingerprint density at radius 2 is 1.62 bits per heavy atom. The van der Waals surface area contributed by atoms with Gasteiger partial charge in [0.2, 0.25) is 17.7 Å². The van der Waals surface area contributed by atoms with Crippen LogP contribution in [0.1, 0.15) is 50.2 Å². The summed E-state index contributed by atoms with van der Waals surface area (Å²) in [6, 6.07) is 3.21. The lowest BCUT2D eigenvalue weighted by Crippen LogP contribution is -2.58. The van der Waals surface area contributed by atoms with Crippen LogP contribution < -0.4 is 16.0 Å². The zero-order valence-corrected chi connectivity index (χ0v) is 26.4. The van der Waals surface area contributed by atoms with Crippen LogP contribution in [-0.2, 0) is 51.9 Å². The minimum absolute atomic E-state index is 0.00949. The minimum Gasteiger partial charge on any atom is -0.772 e. The molecule has 0 bridgehead atoms. The average Bonchev–Trinajstić information content (AvgIpc) is 3.78. The van der Waals surface area contributed by atoms with Crippen molar-refractivity contribution < 1.29 is 42.5 Å². The van der Waals surface area contributed by atoms with Crippen molar-refractivity contribution >= 4 is 34.6 Å². The number of carbonyl (C=O) groups is 4. The van der Waals surface area contributed by atoms with Gasteiger partial charge in [0.15, 0.2) is 5.78 Å². The summed E-state index contributed by atoms with van der Waals surface area (Å²) in [6.45, 7) is 3.40. The second kappa shape index (κ2) is 16.5. The van der Waals surface area contributed by atoms with Crippen LogP contribution in [0.25, 0.3) is 0 Å². The first-order valence-corrected chi connectivity index (χ1v) is 16.6. The number of amides is 3. The zero-order chi connectivity index (χ0) is 32.4. The fourth-order valence-electron chi connectivity index (χ4n) is 5.47. The van der Waals surface area contributed by atoms with Crippen LogP contribution in [-0.4, -0.2) is 112 Å². The summed E-state index contributed by atoms with van der Waals surface area (Å²) in [4.78, 5) is 55.1. The van der Waals surface area contributed by atoms with Crippen LogP contribution in [0, 0.1) is 0 Å². The standard InChI is InChI=1S/C31H44N4O9S/c1-31(20-44-31)28(38)24(15-21-5-3-2-4-6-21)33-29(39)25(16-22-7-9-23(10-8-22)19-45(41)42)34-30(40)26(18-36)32-27(37)17-35-11-13-43-14-12-35/h5,7-10,24-26,36H,2-4,6,11-20H2,1H3,(H,32,37)(H,33,39)(H,34,40)(H,41,42)/p-1/t24-,25-,26-,31+/m0/s1. The highest BCUT2D eigenvalue weighted by Crippen LogP contribution is 2.31. The molecule has 13 nitrogen and oxygen atoms in total. The first-order chi connectivity index (χ1) is 21.6. The molecule has 45 heavy (non-hydrogen) atoms. The highest BCUT2D eigenvalue weighted by atomic mass is 32.2. The molecule has 3 amide bonds. The number of morpholine rings is 1. The molecular weight excluding hydrogens is 604 g/mol. The summed E-state index contributed by atoms with van der Waals surface area (Å²) in [5, 5.41) is 18.0. The molecule has 1 aliphatic carbocycles. The molecular formula is C31H43N4O9S-. The van der Waals surface area contributed by atoms with Crippen LogP contribution in [0.5, 0.6) is 0 Å². The van der Waals surface area contributed by atoms with Crippen molar-refractivity contribution in [2.75, 3.05) is 46.1 Å². The van der Waals surface area contributed by atoms with Crippen LogP contribution in [0.2, 0.25) is 0 Å². The summed E-state index contributed by atoms with van der Waals surface area (Å²) in [5.74, 6) is -2.23. The van der Waals surface area contributed by atoms with E-state index in [1.165, 1.54) is 0 Å². The molecule has 1 aromatic carbocycles. The number of carbonyl (C=O) groups excluding carboxylic acids is 4. The Kier molecular flexibility index (Phi) is 12.8. The highest BCUT2D eigenvalue weighted by Gasteiger charge is 2.50. The predicted octanol–water partition coefficient (Wildman–Crippen LogP) is -0.364. The van der Waals surface area contributed by atoms with Crippen molar-refractivity contribution in [2.24, 2.45) is 0 Å². The predicted molar refractivity (Wildman–Crippen MR) is 163 cm³/mol. The summed E-state index contributed by atoms with van der Waals surface area (Å²) in [5.41, 5.74) is 1.29. The SMILES string of the molecule is C[C@]1(C(=O)[C@H](CC2=CCCCC2)NC(=O)[C@H](Cc2ccc(CS(=O)[O-])cc2)NC(=O)[C@H](CO)NC(=O)CN2CCOCC2)CO1. The monoisotopic (exact) mass is 647 g/mol. The van der Waals surface area contributed by atoms with E-state index in [2.05, 4.69) is 22.0 Å². The van der Waals surface area contributed by atoms with Gasteiger partial charge in [-0.2, -0.15) is 0 Å². The third-order valence-corrected chi connectivity index (χ3v) is 8.84. The Balaban J connectivity index is 1.49. The molecule has 14 heteroatoms. The molecule has 1 unspecified atom stereocenters. The molecule has 2 aliphatic heterocycles. The van der Waals surface area contributed by atoms with Crippen molar-refractivity contribution in [1.29, 1.82) is 0 Å². The van der Waals surface area contributed by atoms with Gasteiger partial charge in [-0.3, -0.25) is 28.3 Å². The largest absolute Gasteiger partial charge is 0.772 e. The number of Topliss-reactive ketones (excluding diaryl/α,β-unsaturated/α-hetero) is 1. The first-order valence-electron chi connectivity index (χ1n) is 15.4. The lowest BCUT2D eigenvalue weighted by molar-refractivity contribution is -0.135. The number of allylic oxidation sites excluding steroid dienone is 1.